The number of benzene rings is 1. The van der Waals surface area contributed by atoms with Gasteiger partial charge in [0.2, 0.25) is 5.91 Å². The summed E-state index contributed by atoms with van der Waals surface area (Å²) in [4.78, 5) is 44.6. The Morgan fingerprint density at radius 3 is 2.41 bits per heavy atom. The SMILES string of the molecule is CCC(C)CC(=O)N(C)C(CC(OC(C)=O)c1nc(C(=O)NC(Cc2ccccc2)C2OC2C)cs1)C(C)C. The number of hydrogen-bond donors (Lipinski definition) is 1. The van der Waals surface area contributed by atoms with E-state index >= 15 is 0 Å². The van der Waals surface area contributed by atoms with Gasteiger partial charge in [0.15, 0.2) is 6.10 Å². The Bertz CT molecular complexity index is 1110. The van der Waals surface area contributed by atoms with Crippen LogP contribution in [0.25, 0.3) is 0 Å². The zero-order valence-electron chi connectivity index (χ0n) is 24.2. The first kappa shape index (κ1) is 30.8. The van der Waals surface area contributed by atoms with Crippen molar-refractivity contribution in [3.63, 3.8) is 0 Å². The number of nitrogens with zero attached hydrogens (tertiary/aromatic N) is 2. The van der Waals surface area contributed by atoms with Crippen molar-refractivity contribution in [2.75, 3.05) is 7.05 Å². The molecule has 0 saturated carbocycles. The van der Waals surface area contributed by atoms with Gasteiger partial charge in [0.25, 0.3) is 5.91 Å². The molecule has 1 aromatic heterocycles. The van der Waals surface area contributed by atoms with E-state index in [9.17, 15) is 14.4 Å². The smallest absolute Gasteiger partial charge is 0.303 e. The number of carbonyl (C=O) groups is 3. The van der Waals surface area contributed by atoms with Gasteiger partial charge in [-0.15, -0.1) is 11.3 Å². The summed E-state index contributed by atoms with van der Waals surface area (Å²) in [5.74, 6) is -0.211. The van der Waals surface area contributed by atoms with Gasteiger partial charge in [0, 0.05) is 38.2 Å². The monoisotopic (exact) mass is 557 g/mol. The summed E-state index contributed by atoms with van der Waals surface area (Å²) >= 11 is 1.29. The van der Waals surface area contributed by atoms with E-state index in [-0.39, 0.29) is 47.7 Å². The molecule has 8 nitrogen and oxygen atoms in total. The molecule has 2 heterocycles. The molecule has 1 N–H and O–H groups in total. The minimum atomic E-state index is -0.660. The molecule has 9 heteroatoms. The normalized spacial score (nSPS) is 19.6. The van der Waals surface area contributed by atoms with Crippen molar-refractivity contribution < 1.29 is 23.9 Å². The lowest BCUT2D eigenvalue weighted by atomic mass is 9.95. The fraction of sp³-hybridized carbons (Fsp3) is 0.600. The Morgan fingerprint density at radius 2 is 1.85 bits per heavy atom. The molecule has 2 aromatic rings. The van der Waals surface area contributed by atoms with Crippen LogP contribution in [0.1, 0.15) is 88.0 Å². The maximum atomic E-state index is 13.2. The molecule has 214 valence electrons. The standard InChI is InChI=1S/C30H43N3O5S/c1-8-19(4)14-27(35)33(7)25(18(2)3)16-26(38-21(6)34)30-32-24(17-39-30)29(36)31-23(28-20(5)37-28)15-22-12-10-9-11-13-22/h9-13,17-20,23,25-26,28H,8,14-16H2,1-7H3,(H,31,36). The molecule has 0 spiro atoms. The zero-order valence-corrected chi connectivity index (χ0v) is 25.0. The summed E-state index contributed by atoms with van der Waals surface area (Å²) < 4.78 is 11.4. The first-order valence-corrected chi connectivity index (χ1v) is 14.8. The van der Waals surface area contributed by atoms with Gasteiger partial charge >= 0.3 is 5.97 Å². The highest BCUT2D eigenvalue weighted by molar-refractivity contribution is 7.09. The molecule has 1 saturated heterocycles. The minimum Gasteiger partial charge on any atom is -0.455 e. The van der Waals surface area contributed by atoms with Gasteiger partial charge in [-0.2, -0.15) is 0 Å². The third kappa shape index (κ3) is 8.86. The number of epoxide rings is 1. The fourth-order valence-electron chi connectivity index (χ4n) is 4.79. The van der Waals surface area contributed by atoms with Crippen LogP contribution in [0.15, 0.2) is 35.7 Å². The van der Waals surface area contributed by atoms with E-state index in [4.69, 9.17) is 9.47 Å². The van der Waals surface area contributed by atoms with Gasteiger partial charge in [-0.25, -0.2) is 4.98 Å². The number of ether oxygens (including phenoxy) is 2. The third-order valence-corrected chi connectivity index (χ3v) is 8.38. The number of esters is 1. The molecule has 1 aliphatic rings. The molecule has 0 bridgehead atoms. The Balaban J connectivity index is 1.74. The van der Waals surface area contributed by atoms with E-state index < -0.39 is 12.1 Å². The molecule has 1 aliphatic heterocycles. The lowest BCUT2D eigenvalue weighted by molar-refractivity contribution is -0.148. The Labute approximate surface area is 236 Å². The minimum absolute atomic E-state index is 0.0450. The predicted molar refractivity (Wildman–Crippen MR) is 152 cm³/mol. The summed E-state index contributed by atoms with van der Waals surface area (Å²) in [6, 6.07) is 9.66. The van der Waals surface area contributed by atoms with Crippen molar-refractivity contribution in [1.29, 1.82) is 0 Å². The van der Waals surface area contributed by atoms with Gasteiger partial charge in [-0.05, 0) is 30.7 Å². The van der Waals surface area contributed by atoms with Crippen LogP contribution in [0.4, 0.5) is 0 Å². The van der Waals surface area contributed by atoms with Crippen molar-refractivity contribution in [2.24, 2.45) is 11.8 Å². The topological polar surface area (TPSA) is 101 Å². The molecule has 6 atom stereocenters. The average Bonchev–Trinajstić information content (AvgIpc) is 3.41. The van der Waals surface area contributed by atoms with E-state index in [1.807, 2.05) is 44.3 Å². The number of rotatable bonds is 14. The highest BCUT2D eigenvalue weighted by atomic mass is 32.1. The zero-order chi connectivity index (χ0) is 28.7. The van der Waals surface area contributed by atoms with Crippen molar-refractivity contribution in [3.05, 3.63) is 52.0 Å². The quantitative estimate of drug-likeness (QED) is 0.254. The lowest BCUT2D eigenvalue weighted by Crippen LogP contribution is -2.42. The van der Waals surface area contributed by atoms with Crippen LogP contribution in [0, 0.1) is 11.8 Å². The van der Waals surface area contributed by atoms with E-state index in [1.54, 1.807) is 10.3 Å². The summed E-state index contributed by atoms with van der Waals surface area (Å²) in [5.41, 5.74) is 1.40. The number of nitrogens with one attached hydrogen (secondary N) is 1. The largest absolute Gasteiger partial charge is 0.455 e. The van der Waals surface area contributed by atoms with Gasteiger partial charge in [0.1, 0.15) is 16.8 Å². The summed E-state index contributed by atoms with van der Waals surface area (Å²) in [6.07, 6.45) is 1.85. The number of carbonyl (C=O) groups excluding carboxylic acids is 3. The van der Waals surface area contributed by atoms with Crippen molar-refractivity contribution >= 4 is 29.1 Å². The first-order valence-electron chi connectivity index (χ1n) is 13.9. The molecular formula is C30H43N3O5S. The van der Waals surface area contributed by atoms with Gasteiger partial charge in [0.05, 0.1) is 12.1 Å². The van der Waals surface area contributed by atoms with Crippen LogP contribution in [-0.2, 0) is 25.5 Å². The third-order valence-electron chi connectivity index (χ3n) is 7.44. The first-order chi connectivity index (χ1) is 18.5. The van der Waals surface area contributed by atoms with E-state index in [0.717, 1.165) is 12.0 Å². The van der Waals surface area contributed by atoms with Crippen molar-refractivity contribution in [3.8, 4) is 0 Å². The Morgan fingerprint density at radius 1 is 1.18 bits per heavy atom. The number of thiazole rings is 1. The lowest BCUT2D eigenvalue weighted by Gasteiger charge is -2.34. The average molecular weight is 558 g/mol. The molecule has 39 heavy (non-hydrogen) atoms. The van der Waals surface area contributed by atoms with Crippen molar-refractivity contribution in [1.82, 2.24) is 15.2 Å². The molecule has 2 amide bonds. The van der Waals surface area contributed by atoms with Crippen LogP contribution in [0.3, 0.4) is 0 Å². The summed E-state index contributed by atoms with van der Waals surface area (Å²) in [5, 5.41) is 5.34. The second-order valence-corrected chi connectivity index (χ2v) is 11.9. The molecule has 0 radical (unpaired) electrons. The van der Waals surface area contributed by atoms with Crippen LogP contribution in [-0.4, -0.2) is 59.0 Å². The molecule has 6 unspecified atom stereocenters. The van der Waals surface area contributed by atoms with Crippen LogP contribution in [0.2, 0.25) is 0 Å². The second kappa shape index (κ2) is 14.0. The molecular weight excluding hydrogens is 514 g/mol. The highest BCUT2D eigenvalue weighted by Gasteiger charge is 2.42. The summed E-state index contributed by atoms with van der Waals surface area (Å²) in [7, 11) is 1.81. The number of aromatic nitrogens is 1. The van der Waals surface area contributed by atoms with E-state index in [2.05, 4.69) is 38.0 Å². The van der Waals surface area contributed by atoms with E-state index in [1.165, 1.54) is 18.3 Å². The molecule has 0 aliphatic carbocycles. The Kier molecular flexibility index (Phi) is 11.1. The maximum Gasteiger partial charge on any atom is 0.303 e. The number of amides is 2. The van der Waals surface area contributed by atoms with Crippen LogP contribution >= 0.6 is 11.3 Å². The Hall–Kier alpha value is -2.78. The molecule has 1 aromatic carbocycles. The van der Waals surface area contributed by atoms with Gasteiger partial charge in [-0.3, -0.25) is 14.4 Å². The molecule has 3 rings (SSSR count). The fourth-order valence-corrected chi connectivity index (χ4v) is 5.63. The molecule has 1 fully saturated rings. The van der Waals surface area contributed by atoms with Crippen LogP contribution in [0.5, 0.6) is 0 Å². The predicted octanol–water partition coefficient (Wildman–Crippen LogP) is 5.19. The second-order valence-electron chi connectivity index (χ2n) is 11.0. The van der Waals surface area contributed by atoms with Crippen LogP contribution < -0.4 is 5.32 Å². The number of hydrogen-bond acceptors (Lipinski definition) is 7. The van der Waals surface area contributed by atoms with E-state index in [0.29, 0.717) is 30.2 Å². The maximum absolute atomic E-state index is 13.2. The van der Waals surface area contributed by atoms with Gasteiger partial charge < -0.3 is 19.7 Å². The highest BCUT2D eigenvalue weighted by Crippen LogP contribution is 2.31. The summed E-state index contributed by atoms with van der Waals surface area (Å²) in [6.45, 7) is 11.6. The van der Waals surface area contributed by atoms with Crippen molar-refractivity contribution in [2.45, 2.75) is 97.6 Å². The van der Waals surface area contributed by atoms with Gasteiger partial charge in [-0.1, -0.05) is 64.4 Å².